The second kappa shape index (κ2) is 7.43. The van der Waals surface area contributed by atoms with Crippen molar-refractivity contribution >= 4 is 5.97 Å². The van der Waals surface area contributed by atoms with Crippen LogP contribution in [0.2, 0.25) is 0 Å². The van der Waals surface area contributed by atoms with Crippen LogP contribution in [0.25, 0.3) is 0 Å². The van der Waals surface area contributed by atoms with E-state index in [1.54, 1.807) is 0 Å². The van der Waals surface area contributed by atoms with Gasteiger partial charge in [0.25, 0.3) is 0 Å². The van der Waals surface area contributed by atoms with Crippen molar-refractivity contribution in [3.63, 3.8) is 0 Å². The van der Waals surface area contributed by atoms with E-state index in [1.807, 2.05) is 29.2 Å². The second-order valence-electron chi connectivity index (χ2n) is 5.39. The molecular weight excluding hydrogens is 268 g/mol. The molecule has 1 aliphatic rings. The van der Waals surface area contributed by atoms with Crippen LogP contribution >= 0.6 is 0 Å². The summed E-state index contributed by atoms with van der Waals surface area (Å²) in [6.45, 7) is 6.92. The smallest absolute Gasteiger partial charge is 0.322 e. The van der Waals surface area contributed by atoms with Crippen molar-refractivity contribution < 1.29 is 14.6 Å². The Kier molecular flexibility index (Phi) is 5.59. The molecule has 0 amide bonds. The van der Waals surface area contributed by atoms with E-state index in [0.29, 0.717) is 13.2 Å². The number of rotatable bonds is 6. The zero-order valence-electron chi connectivity index (χ0n) is 12.7. The Morgan fingerprint density at radius 3 is 2.81 bits per heavy atom. The Labute approximate surface area is 125 Å². The molecule has 0 aromatic heterocycles. The van der Waals surface area contributed by atoms with Crippen LogP contribution in [0.1, 0.15) is 31.9 Å². The molecule has 1 aromatic carbocycles. The lowest BCUT2D eigenvalue weighted by molar-refractivity contribution is -0.145. The minimum Gasteiger partial charge on any atom is -0.494 e. The highest BCUT2D eigenvalue weighted by Crippen LogP contribution is 2.25. The Bertz CT molecular complexity index is 461. The number of aliphatic carboxylic acids is 1. The summed E-state index contributed by atoms with van der Waals surface area (Å²) in [5.74, 6) is 0.0971. The van der Waals surface area contributed by atoms with E-state index in [-0.39, 0.29) is 6.04 Å². The minimum atomic E-state index is -0.767. The van der Waals surface area contributed by atoms with Gasteiger partial charge in [-0.3, -0.25) is 9.69 Å². The lowest BCUT2D eigenvalue weighted by Crippen LogP contribution is -2.55. The van der Waals surface area contributed by atoms with Gasteiger partial charge in [-0.2, -0.15) is 0 Å². The normalized spacial score (nSPS) is 21.0. The fourth-order valence-corrected chi connectivity index (χ4v) is 2.67. The molecule has 116 valence electrons. The monoisotopic (exact) mass is 292 g/mol. The first kappa shape index (κ1) is 15.8. The zero-order valence-corrected chi connectivity index (χ0v) is 12.7. The predicted molar refractivity (Wildman–Crippen MR) is 81.6 cm³/mol. The van der Waals surface area contributed by atoms with Gasteiger partial charge in [0.1, 0.15) is 11.8 Å². The standard InChI is InChI=1S/C16H24N2O3/c1-3-10-21-14-6-4-13(5-7-14)12(2)18-9-8-17-11-15(18)16(19)20/h4-7,12,15,17H,3,8-11H2,1-2H3,(H,19,20). The summed E-state index contributed by atoms with van der Waals surface area (Å²) in [6, 6.07) is 7.57. The number of carboxylic acid groups (broad SMARTS) is 1. The molecule has 2 N–H and O–H groups in total. The molecule has 1 aromatic rings. The van der Waals surface area contributed by atoms with E-state index in [0.717, 1.165) is 30.8 Å². The Morgan fingerprint density at radius 1 is 1.48 bits per heavy atom. The zero-order chi connectivity index (χ0) is 15.2. The largest absolute Gasteiger partial charge is 0.494 e. The van der Waals surface area contributed by atoms with Gasteiger partial charge in [-0.05, 0) is 31.0 Å². The fourth-order valence-electron chi connectivity index (χ4n) is 2.67. The third-order valence-corrected chi connectivity index (χ3v) is 3.90. The molecular formula is C16H24N2O3. The van der Waals surface area contributed by atoms with Crippen molar-refractivity contribution in [1.82, 2.24) is 10.2 Å². The van der Waals surface area contributed by atoms with E-state index in [1.165, 1.54) is 0 Å². The van der Waals surface area contributed by atoms with Gasteiger partial charge in [-0.1, -0.05) is 19.1 Å². The molecule has 1 heterocycles. The van der Waals surface area contributed by atoms with Gasteiger partial charge in [-0.25, -0.2) is 0 Å². The third-order valence-electron chi connectivity index (χ3n) is 3.90. The molecule has 0 bridgehead atoms. The van der Waals surface area contributed by atoms with Gasteiger partial charge >= 0.3 is 5.97 Å². The maximum Gasteiger partial charge on any atom is 0.322 e. The number of benzene rings is 1. The summed E-state index contributed by atoms with van der Waals surface area (Å²) in [7, 11) is 0. The van der Waals surface area contributed by atoms with Gasteiger partial charge < -0.3 is 15.2 Å². The average Bonchev–Trinajstić information content (AvgIpc) is 2.52. The van der Waals surface area contributed by atoms with Gasteiger partial charge in [-0.15, -0.1) is 0 Å². The van der Waals surface area contributed by atoms with Crippen LogP contribution in [0.15, 0.2) is 24.3 Å². The summed E-state index contributed by atoms with van der Waals surface area (Å²) in [5.41, 5.74) is 1.12. The Balaban J connectivity index is 2.07. The molecule has 0 saturated carbocycles. The van der Waals surface area contributed by atoms with Crippen molar-refractivity contribution in [1.29, 1.82) is 0 Å². The highest BCUT2D eigenvalue weighted by atomic mass is 16.5. The summed E-state index contributed by atoms with van der Waals surface area (Å²) in [4.78, 5) is 13.4. The Morgan fingerprint density at radius 2 is 2.19 bits per heavy atom. The van der Waals surface area contributed by atoms with Gasteiger partial charge in [0, 0.05) is 25.7 Å². The second-order valence-corrected chi connectivity index (χ2v) is 5.39. The maximum absolute atomic E-state index is 11.4. The lowest BCUT2D eigenvalue weighted by Gasteiger charge is -2.38. The molecule has 2 atom stereocenters. The van der Waals surface area contributed by atoms with E-state index >= 15 is 0 Å². The molecule has 0 radical (unpaired) electrons. The topological polar surface area (TPSA) is 61.8 Å². The molecule has 2 rings (SSSR count). The first-order valence-corrected chi connectivity index (χ1v) is 7.55. The molecule has 2 unspecified atom stereocenters. The lowest BCUT2D eigenvalue weighted by atomic mass is 10.0. The van der Waals surface area contributed by atoms with Crippen LogP contribution in [-0.2, 0) is 4.79 Å². The molecule has 1 saturated heterocycles. The van der Waals surface area contributed by atoms with Gasteiger partial charge in [0.05, 0.1) is 6.61 Å². The van der Waals surface area contributed by atoms with Crippen molar-refractivity contribution in [3.05, 3.63) is 29.8 Å². The van der Waals surface area contributed by atoms with Crippen LogP contribution in [0, 0.1) is 0 Å². The van der Waals surface area contributed by atoms with E-state index < -0.39 is 12.0 Å². The SMILES string of the molecule is CCCOc1ccc(C(C)N2CCNCC2C(=O)O)cc1. The molecule has 1 aliphatic heterocycles. The number of nitrogens with zero attached hydrogens (tertiary/aromatic N) is 1. The number of hydrogen-bond acceptors (Lipinski definition) is 4. The number of carbonyl (C=O) groups is 1. The first-order chi connectivity index (χ1) is 10.1. The van der Waals surface area contributed by atoms with Crippen molar-refractivity contribution in [2.75, 3.05) is 26.2 Å². The highest BCUT2D eigenvalue weighted by Gasteiger charge is 2.32. The minimum absolute atomic E-state index is 0.0772. The third kappa shape index (κ3) is 3.95. The number of carboxylic acids is 1. The van der Waals surface area contributed by atoms with Crippen LogP contribution in [0.4, 0.5) is 0 Å². The predicted octanol–water partition coefficient (Wildman–Crippen LogP) is 1.89. The highest BCUT2D eigenvalue weighted by molar-refractivity contribution is 5.74. The van der Waals surface area contributed by atoms with E-state index in [4.69, 9.17) is 4.74 Å². The van der Waals surface area contributed by atoms with Gasteiger partial charge in [0.2, 0.25) is 0 Å². The quantitative estimate of drug-likeness (QED) is 0.838. The van der Waals surface area contributed by atoms with Gasteiger partial charge in [0.15, 0.2) is 0 Å². The summed E-state index contributed by atoms with van der Waals surface area (Å²) < 4.78 is 5.58. The molecule has 0 spiro atoms. The summed E-state index contributed by atoms with van der Waals surface area (Å²) >= 11 is 0. The maximum atomic E-state index is 11.4. The summed E-state index contributed by atoms with van der Waals surface area (Å²) in [5, 5.41) is 12.5. The van der Waals surface area contributed by atoms with Crippen molar-refractivity contribution in [3.8, 4) is 5.75 Å². The molecule has 0 aliphatic carbocycles. The van der Waals surface area contributed by atoms with Crippen LogP contribution in [-0.4, -0.2) is 48.3 Å². The average molecular weight is 292 g/mol. The number of hydrogen-bond donors (Lipinski definition) is 2. The first-order valence-electron chi connectivity index (χ1n) is 7.55. The number of piperazine rings is 1. The van der Waals surface area contributed by atoms with Crippen LogP contribution < -0.4 is 10.1 Å². The van der Waals surface area contributed by atoms with Crippen molar-refractivity contribution in [2.24, 2.45) is 0 Å². The van der Waals surface area contributed by atoms with Crippen molar-refractivity contribution in [2.45, 2.75) is 32.4 Å². The molecule has 21 heavy (non-hydrogen) atoms. The molecule has 1 fully saturated rings. The fraction of sp³-hybridized carbons (Fsp3) is 0.562. The Hall–Kier alpha value is -1.59. The molecule has 5 heteroatoms. The number of ether oxygens (including phenoxy) is 1. The van der Waals surface area contributed by atoms with E-state index in [2.05, 4.69) is 19.2 Å². The molecule has 5 nitrogen and oxygen atoms in total. The van der Waals surface area contributed by atoms with Crippen LogP contribution in [0.3, 0.4) is 0 Å². The summed E-state index contributed by atoms with van der Waals surface area (Å²) in [6.07, 6.45) is 0.985. The van der Waals surface area contributed by atoms with E-state index in [9.17, 15) is 9.90 Å². The number of nitrogens with one attached hydrogen (secondary N) is 1. The van der Waals surface area contributed by atoms with Crippen LogP contribution in [0.5, 0.6) is 5.75 Å².